The van der Waals surface area contributed by atoms with Gasteiger partial charge >= 0.3 is 0 Å². The van der Waals surface area contributed by atoms with E-state index in [1.165, 1.54) is 18.2 Å². The molecule has 0 bridgehead atoms. The molecular formula is C8H6Cl2O2S. The Morgan fingerprint density at radius 1 is 1.31 bits per heavy atom. The van der Waals surface area contributed by atoms with Crippen LogP contribution in [0.5, 0.6) is 0 Å². The molecule has 1 aromatic rings. The van der Waals surface area contributed by atoms with Crippen molar-refractivity contribution in [3.05, 3.63) is 40.2 Å². The van der Waals surface area contributed by atoms with E-state index in [0.717, 1.165) is 5.41 Å². The van der Waals surface area contributed by atoms with Crippen molar-refractivity contribution in [3.63, 3.8) is 0 Å². The first-order chi connectivity index (χ1) is 5.97. The van der Waals surface area contributed by atoms with Crippen LogP contribution >= 0.6 is 23.2 Å². The van der Waals surface area contributed by atoms with Gasteiger partial charge in [-0.3, -0.25) is 0 Å². The standard InChI is InChI=1S/C8H6Cl2O2S/c1-2-13(11,12)8-5-6(9)3-4-7(8)10/h2-5H,1H2. The molecule has 0 atom stereocenters. The predicted octanol–water partition coefficient (Wildman–Crippen LogP) is 2.91. The lowest BCUT2D eigenvalue weighted by atomic mass is 10.4. The lowest BCUT2D eigenvalue weighted by molar-refractivity contribution is 0.605. The summed E-state index contributed by atoms with van der Waals surface area (Å²) >= 11 is 11.3. The Morgan fingerprint density at radius 2 is 1.92 bits per heavy atom. The van der Waals surface area contributed by atoms with Crippen LogP contribution in [0.2, 0.25) is 10.0 Å². The molecule has 0 unspecified atom stereocenters. The van der Waals surface area contributed by atoms with Crippen LogP contribution in [0.4, 0.5) is 0 Å². The van der Waals surface area contributed by atoms with Gasteiger partial charge in [0.2, 0.25) is 9.84 Å². The van der Waals surface area contributed by atoms with E-state index < -0.39 is 9.84 Å². The predicted molar refractivity (Wildman–Crippen MR) is 53.8 cm³/mol. The van der Waals surface area contributed by atoms with E-state index >= 15 is 0 Å². The van der Waals surface area contributed by atoms with Gasteiger partial charge in [-0.15, -0.1) is 0 Å². The smallest absolute Gasteiger partial charge is 0.200 e. The van der Waals surface area contributed by atoms with Gasteiger partial charge in [-0.05, 0) is 18.2 Å². The Labute approximate surface area is 86.7 Å². The third-order valence-corrected chi connectivity index (χ3v) is 3.49. The van der Waals surface area contributed by atoms with E-state index in [1.807, 2.05) is 0 Å². The average Bonchev–Trinajstić information content (AvgIpc) is 2.09. The first kappa shape index (κ1) is 10.6. The largest absolute Gasteiger partial charge is 0.219 e. The maximum Gasteiger partial charge on any atom is 0.200 e. The summed E-state index contributed by atoms with van der Waals surface area (Å²) in [5, 5.41) is 1.30. The first-order valence-corrected chi connectivity index (χ1v) is 5.60. The monoisotopic (exact) mass is 236 g/mol. The van der Waals surface area contributed by atoms with Crippen molar-refractivity contribution in [3.8, 4) is 0 Å². The fraction of sp³-hybridized carbons (Fsp3) is 0. The van der Waals surface area contributed by atoms with Crippen LogP contribution in [0.25, 0.3) is 0 Å². The van der Waals surface area contributed by atoms with Crippen molar-refractivity contribution in [2.75, 3.05) is 0 Å². The van der Waals surface area contributed by atoms with E-state index in [4.69, 9.17) is 23.2 Å². The Morgan fingerprint density at radius 3 is 2.46 bits per heavy atom. The van der Waals surface area contributed by atoms with Crippen LogP contribution in [0.3, 0.4) is 0 Å². The van der Waals surface area contributed by atoms with E-state index in [-0.39, 0.29) is 9.92 Å². The second-order valence-electron chi connectivity index (χ2n) is 2.29. The highest BCUT2D eigenvalue weighted by molar-refractivity contribution is 7.94. The topological polar surface area (TPSA) is 34.1 Å². The lowest BCUT2D eigenvalue weighted by Crippen LogP contribution is -1.96. The molecule has 0 N–H and O–H groups in total. The van der Waals surface area contributed by atoms with Gasteiger partial charge in [0.15, 0.2) is 0 Å². The summed E-state index contributed by atoms with van der Waals surface area (Å²) in [6, 6.07) is 4.24. The number of sulfone groups is 1. The summed E-state index contributed by atoms with van der Waals surface area (Å²) < 4.78 is 22.6. The minimum absolute atomic E-state index is 0.0170. The van der Waals surface area contributed by atoms with Crippen LogP contribution in [-0.2, 0) is 9.84 Å². The van der Waals surface area contributed by atoms with E-state index in [0.29, 0.717) is 5.02 Å². The van der Waals surface area contributed by atoms with Crippen LogP contribution in [0, 0.1) is 0 Å². The highest BCUT2D eigenvalue weighted by Gasteiger charge is 2.14. The van der Waals surface area contributed by atoms with E-state index in [9.17, 15) is 8.42 Å². The van der Waals surface area contributed by atoms with Crippen molar-refractivity contribution < 1.29 is 8.42 Å². The Kier molecular flexibility index (Phi) is 3.01. The zero-order chi connectivity index (χ0) is 10.1. The van der Waals surface area contributed by atoms with Crippen LogP contribution in [-0.4, -0.2) is 8.42 Å². The Balaban J connectivity index is 3.46. The van der Waals surface area contributed by atoms with Crippen molar-refractivity contribution >= 4 is 33.0 Å². The molecule has 0 aromatic heterocycles. The molecule has 0 aliphatic rings. The summed E-state index contributed by atoms with van der Waals surface area (Å²) in [7, 11) is -3.50. The first-order valence-electron chi connectivity index (χ1n) is 3.30. The zero-order valence-corrected chi connectivity index (χ0v) is 8.83. The van der Waals surface area contributed by atoms with Gasteiger partial charge in [-0.1, -0.05) is 29.8 Å². The Bertz CT molecular complexity index is 437. The third kappa shape index (κ3) is 2.24. The van der Waals surface area contributed by atoms with E-state index in [2.05, 4.69) is 6.58 Å². The number of rotatable bonds is 2. The van der Waals surface area contributed by atoms with Gasteiger partial charge in [-0.25, -0.2) is 8.42 Å². The van der Waals surface area contributed by atoms with Gasteiger partial charge in [0.1, 0.15) is 0 Å². The molecule has 2 nitrogen and oxygen atoms in total. The fourth-order valence-corrected chi connectivity index (χ4v) is 2.27. The summed E-state index contributed by atoms with van der Waals surface area (Å²) in [5.74, 6) is 0. The lowest BCUT2D eigenvalue weighted by Gasteiger charge is -2.01. The SMILES string of the molecule is C=CS(=O)(=O)c1cc(Cl)ccc1Cl. The van der Waals surface area contributed by atoms with Crippen molar-refractivity contribution in [2.45, 2.75) is 4.90 Å². The second-order valence-corrected chi connectivity index (χ2v) is 4.99. The molecule has 5 heteroatoms. The Hall–Kier alpha value is -0.510. The zero-order valence-electron chi connectivity index (χ0n) is 6.50. The van der Waals surface area contributed by atoms with E-state index in [1.54, 1.807) is 0 Å². The van der Waals surface area contributed by atoms with Crippen LogP contribution in [0.15, 0.2) is 35.1 Å². The molecular weight excluding hydrogens is 231 g/mol. The minimum atomic E-state index is -3.50. The summed E-state index contributed by atoms with van der Waals surface area (Å²) in [4.78, 5) is -0.0170. The molecule has 0 amide bonds. The maximum atomic E-state index is 11.3. The molecule has 0 aliphatic heterocycles. The fourth-order valence-electron chi connectivity index (χ4n) is 0.785. The molecule has 0 heterocycles. The van der Waals surface area contributed by atoms with Crippen LogP contribution < -0.4 is 0 Å². The van der Waals surface area contributed by atoms with Crippen molar-refractivity contribution in [1.82, 2.24) is 0 Å². The van der Waals surface area contributed by atoms with Gasteiger partial charge in [0, 0.05) is 10.4 Å². The van der Waals surface area contributed by atoms with Crippen molar-refractivity contribution in [1.29, 1.82) is 0 Å². The molecule has 1 rings (SSSR count). The second kappa shape index (κ2) is 3.70. The van der Waals surface area contributed by atoms with Crippen LogP contribution in [0.1, 0.15) is 0 Å². The average molecular weight is 237 g/mol. The highest BCUT2D eigenvalue weighted by Crippen LogP contribution is 2.25. The van der Waals surface area contributed by atoms with Gasteiger partial charge < -0.3 is 0 Å². The molecule has 70 valence electrons. The van der Waals surface area contributed by atoms with Gasteiger partial charge in [-0.2, -0.15) is 0 Å². The minimum Gasteiger partial charge on any atom is -0.219 e. The van der Waals surface area contributed by atoms with Gasteiger partial charge in [0.05, 0.1) is 9.92 Å². The highest BCUT2D eigenvalue weighted by atomic mass is 35.5. The molecule has 13 heavy (non-hydrogen) atoms. The summed E-state index contributed by atoms with van der Waals surface area (Å²) in [6.07, 6.45) is 0. The molecule has 0 radical (unpaired) electrons. The molecule has 0 fully saturated rings. The molecule has 0 aliphatic carbocycles. The van der Waals surface area contributed by atoms with Crippen molar-refractivity contribution in [2.24, 2.45) is 0 Å². The normalized spacial score (nSPS) is 11.2. The number of hydrogen-bond donors (Lipinski definition) is 0. The number of halogens is 2. The quantitative estimate of drug-likeness (QED) is 0.792. The number of benzene rings is 1. The maximum absolute atomic E-state index is 11.3. The third-order valence-electron chi connectivity index (χ3n) is 1.42. The van der Waals surface area contributed by atoms with Gasteiger partial charge in [0.25, 0.3) is 0 Å². The molecule has 0 saturated carbocycles. The number of hydrogen-bond acceptors (Lipinski definition) is 2. The molecule has 1 aromatic carbocycles. The molecule has 0 saturated heterocycles. The summed E-state index contributed by atoms with van der Waals surface area (Å²) in [6.45, 7) is 3.19. The summed E-state index contributed by atoms with van der Waals surface area (Å²) in [5.41, 5.74) is 0. The molecule has 0 spiro atoms.